The maximum Gasteiger partial charge on any atom is 0.234 e. The molecule has 0 spiro atoms. The average molecular weight is 471 g/mol. The van der Waals surface area contributed by atoms with Crippen LogP contribution in [0, 0.1) is 20.8 Å². The van der Waals surface area contributed by atoms with Gasteiger partial charge in [-0.25, -0.2) is 0 Å². The lowest BCUT2D eigenvalue weighted by molar-refractivity contribution is -0.113. The van der Waals surface area contributed by atoms with E-state index >= 15 is 0 Å². The molecule has 3 rings (SSSR count). The van der Waals surface area contributed by atoms with Crippen molar-refractivity contribution in [2.24, 2.45) is 0 Å². The van der Waals surface area contributed by atoms with Crippen LogP contribution < -0.4 is 10.1 Å². The molecule has 6 nitrogen and oxygen atoms in total. The number of ether oxygens (including phenoxy) is 1. The standard InChI is InChI=1S/C24H27ClN4O2S/c1-6-12-29-23(18(5)31-19-10-11-20(25)17(4)13-19)27-28-24(29)32-14-21(30)26-22-15(2)8-7-9-16(22)3/h6-11,13,18H,1,12,14H2,2-5H3,(H,26,30). The summed E-state index contributed by atoms with van der Waals surface area (Å²) in [4.78, 5) is 12.6. The lowest BCUT2D eigenvalue weighted by Gasteiger charge is -2.16. The number of hydrogen-bond donors (Lipinski definition) is 1. The number of anilines is 1. The van der Waals surface area contributed by atoms with Crippen molar-refractivity contribution in [3.8, 4) is 5.75 Å². The Morgan fingerprint density at radius 3 is 2.59 bits per heavy atom. The molecule has 0 aliphatic carbocycles. The van der Waals surface area contributed by atoms with Crippen LogP contribution in [-0.2, 0) is 11.3 Å². The fourth-order valence-corrected chi connectivity index (χ4v) is 4.15. The minimum absolute atomic E-state index is 0.0944. The van der Waals surface area contributed by atoms with Crippen molar-refractivity contribution in [1.29, 1.82) is 0 Å². The molecular formula is C24H27ClN4O2S. The van der Waals surface area contributed by atoms with Gasteiger partial charge >= 0.3 is 0 Å². The van der Waals surface area contributed by atoms with Crippen LogP contribution in [0.1, 0.15) is 35.5 Å². The van der Waals surface area contributed by atoms with Crippen LogP contribution in [-0.4, -0.2) is 26.4 Å². The zero-order chi connectivity index (χ0) is 23.3. The normalized spacial score (nSPS) is 11.8. The van der Waals surface area contributed by atoms with Crippen molar-refractivity contribution >= 4 is 35.0 Å². The van der Waals surface area contributed by atoms with Crippen LogP contribution in [0.3, 0.4) is 0 Å². The summed E-state index contributed by atoms with van der Waals surface area (Å²) in [6.45, 7) is 12.1. The Kier molecular flexibility index (Phi) is 7.99. The first kappa shape index (κ1) is 23.9. The Bertz CT molecular complexity index is 1110. The topological polar surface area (TPSA) is 69.0 Å². The number of para-hydroxylation sites is 1. The van der Waals surface area contributed by atoms with Crippen LogP contribution in [0.2, 0.25) is 5.02 Å². The third kappa shape index (κ3) is 5.72. The highest BCUT2D eigenvalue weighted by molar-refractivity contribution is 7.99. The van der Waals surface area contributed by atoms with Crippen molar-refractivity contribution in [2.45, 2.75) is 45.5 Å². The third-order valence-corrected chi connectivity index (χ3v) is 6.33. The molecule has 1 heterocycles. The number of allylic oxidation sites excluding steroid dienone is 1. The van der Waals surface area contributed by atoms with Crippen molar-refractivity contribution in [1.82, 2.24) is 14.8 Å². The largest absolute Gasteiger partial charge is 0.483 e. The van der Waals surface area contributed by atoms with E-state index in [2.05, 4.69) is 22.1 Å². The van der Waals surface area contributed by atoms with Gasteiger partial charge in [-0.15, -0.1) is 16.8 Å². The van der Waals surface area contributed by atoms with E-state index in [1.165, 1.54) is 11.8 Å². The summed E-state index contributed by atoms with van der Waals surface area (Å²) in [6, 6.07) is 11.5. The van der Waals surface area contributed by atoms with E-state index in [1.807, 2.05) is 68.7 Å². The fourth-order valence-electron chi connectivity index (χ4n) is 3.27. The molecular weight excluding hydrogens is 444 g/mol. The lowest BCUT2D eigenvalue weighted by Crippen LogP contribution is -2.16. The molecule has 0 bridgehead atoms. The molecule has 1 amide bonds. The molecule has 0 saturated heterocycles. The summed E-state index contributed by atoms with van der Waals surface area (Å²) in [5.74, 6) is 1.49. The van der Waals surface area contributed by atoms with Gasteiger partial charge in [0.25, 0.3) is 0 Å². The number of benzene rings is 2. The van der Waals surface area contributed by atoms with Gasteiger partial charge < -0.3 is 10.1 Å². The minimum Gasteiger partial charge on any atom is -0.483 e. The first-order valence-corrected chi connectivity index (χ1v) is 11.6. The second-order valence-corrected chi connectivity index (χ2v) is 8.86. The molecule has 3 aromatic rings. The third-order valence-electron chi connectivity index (χ3n) is 4.94. The van der Waals surface area contributed by atoms with Gasteiger partial charge in [-0.05, 0) is 62.6 Å². The van der Waals surface area contributed by atoms with Gasteiger partial charge in [0.2, 0.25) is 5.91 Å². The number of carbonyl (C=O) groups excluding carboxylic acids is 1. The minimum atomic E-state index is -0.346. The molecule has 32 heavy (non-hydrogen) atoms. The predicted octanol–water partition coefficient (Wildman–Crippen LogP) is 5.91. The molecule has 0 aliphatic rings. The van der Waals surface area contributed by atoms with Crippen LogP contribution >= 0.6 is 23.4 Å². The number of amides is 1. The summed E-state index contributed by atoms with van der Waals surface area (Å²) in [5, 5.41) is 12.9. The van der Waals surface area contributed by atoms with Crippen molar-refractivity contribution in [3.63, 3.8) is 0 Å². The fraction of sp³-hybridized carbons (Fsp3) is 0.292. The summed E-state index contributed by atoms with van der Waals surface area (Å²) in [6.07, 6.45) is 1.42. The van der Waals surface area contributed by atoms with Crippen molar-refractivity contribution in [3.05, 3.63) is 76.6 Å². The molecule has 2 aromatic carbocycles. The molecule has 0 saturated carbocycles. The molecule has 1 atom stereocenters. The van der Waals surface area contributed by atoms with Gasteiger partial charge in [0, 0.05) is 17.3 Å². The first-order valence-electron chi connectivity index (χ1n) is 10.3. The highest BCUT2D eigenvalue weighted by atomic mass is 35.5. The summed E-state index contributed by atoms with van der Waals surface area (Å²) in [5.41, 5.74) is 3.86. The average Bonchev–Trinajstić information content (AvgIpc) is 3.15. The van der Waals surface area contributed by atoms with E-state index in [1.54, 1.807) is 6.08 Å². The predicted molar refractivity (Wildman–Crippen MR) is 131 cm³/mol. The van der Waals surface area contributed by atoms with Crippen molar-refractivity contribution in [2.75, 3.05) is 11.1 Å². The second kappa shape index (κ2) is 10.7. The Morgan fingerprint density at radius 1 is 1.22 bits per heavy atom. The number of nitrogens with zero attached hydrogens (tertiary/aromatic N) is 3. The Balaban J connectivity index is 1.70. The molecule has 0 fully saturated rings. The number of aryl methyl sites for hydroxylation is 3. The number of hydrogen-bond acceptors (Lipinski definition) is 5. The van der Waals surface area contributed by atoms with E-state index in [0.717, 1.165) is 22.4 Å². The molecule has 0 aliphatic heterocycles. The highest BCUT2D eigenvalue weighted by Crippen LogP contribution is 2.27. The molecule has 0 radical (unpaired) electrons. The van der Waals surface area contributed by atoms with Crippen molar-refractivity contribution < 1.29 is 9.53 Å². The number of halogens is 1. The SMILES string of the molecule is C=CCn1c(SCC(=O)Nc2c(C)cccc2C)nnc1C(C)Oc1ccc(Cl)c(C)c1. The van der Waals surface area contributed by atoms with Gasteiger partial charge in [0.1, 0.15) is 5.75 Å². The zero-order valence-electron chi connectivity index (χ0n) is 18.7. The molecule has 1 aromatic heterocycles. The quantitative estimate of drug-likeness (QED) is 0.311. The van der Waals surface area contributed by atoms with E-state index in [4.69, 9.17) is 16.3 Å². The number of nitrogens with one attached hydrogen (secondary N) is 1. The maximum absolute atomic E-state index is 12.6. The van der Waals surface area contributed by atoms with E-state index < -0.39 is 0 Å². The highest BCUT2D eigenvalue weighted by Gasteiger charge is 2.20. The molecule has 168 valence electrons. The second-order valence-electron chi connectivity index (χ2n) is 7.51. The van der Waals surface area contributed by atoms with Crippen LogP contribution in [0.15, 0.2) is 54.2 Å². The Labute approximate surface area is 198 Å². The van der Waals surface area contributed by atoms with Gasteiger partial charge in [0.15, 0.2) is 17.1 Å². The number of carbonyl (C=O) groups is 1. The van der Waals surface area contributed by atoms with Crippen LogP contribution in [0.5, 0.6) is 5.75 Å². The van der Waals surface area contributed by atoms with Gasteiger partial charge in [-0.3, -0.25) is 9.36 Å². The first-order chi connectivity index (χ1) is 15.3. The Morgan fingerprint density at radius 2 is 1.94 bits per heavy atom. The van der Waals surface area contributed by atoms with E-state index in [0.29, 0.717) is 28.3 Å². The number of thioether (sulfide) groups is 1. The van der Waals surface area contributed by atoms with Gasteiger partial charge in [0.05, 0.1) is 5.75 Å². The summed E-state index contributed by atoms with van der Waals surface area (Å²) in [7, 11) is 0. The number of aromatic nitrogens is 3. The summed E-state index contributed by atoms with van der Waals surface area (Å²) < 4.78 is 7.98. The van der Waals surface area contributed by atoms with Crippen LogP contribution in [0.4, 0.5) is 5.69 Å². The smallest absolute Gasteiger partial charge is 0.234 e. The Hall–Kier alpha value is -2.77. The van der Waals surface area contributed by atoms with E-state index in [9.17, 15) is 4.79 Å². The molecule has 1 unspecified atom stereocenters. The van der Waals surface area contributed by atoms with E-state index in [-0.39, 0.29) is 17.8 Å². The number of rotatable bonds is 9. The maximum atomic E-state index is 12.6. The van der Waals surface area contributed by atoms with Crippen LogP contribution in [0.25, 0.3) is 0 Å². The van der Waals surface area contributed by atoms with Gasteiger partial charge in [-0.1, -0.05) is 47.6 Å². The molecule has 8 heteroatoms. The monoisotopic (exact) mass is 470 g/mol. The molecule has 1 N–H and O–H groups in total. The zero-order valence-corrected chi connectivity index (χ0v) is 20.3. The summed E-state index contributed by atoms with van der Waals surface area (Å²) >= 11 is 7.44. The lowest BCUT2D eigenvalue weighted by atomic mass is 10.1. The van der Waals surface area contributed by atoms with Gasteiger partial charge in [-0.2, -0.15) is 0 Å².